The van der Waals surface area contributed by atoms with Crippen molar-refractivity contribution in [1.29, 1.82) is 0 Å². The fraction of sp³-hybridized carbons (Fsp3) is 0.290. The van der Waals surface area contributed by atoms with Gasteiger partial charge in [0, 0.05) is 38.6 Å². The number of Topliss-reactive ketones (excluding diaryl/α,β-unsaturated/α-hetero) is 1. The zero-order valence-electron chi connectivity index (χ0n) is 23.3. The number of halogens is 1. The lowest BCUT2D eigenvalue weighted by molar-refractivity contribution is 0.0770. The first-order valence-corrected chi connectivity index (χ1v) is 15.6. The molecule has 0 radical (unpaired) electrons. The summed E-state index contributed by atoms with van der Waals surface area (Å²) in [5.74, 6) is 0.119. The number of piperidine rings is 1. The van der Waals surface area contributed by atoms with Crippen molar-refractivity contribution in [2.75, 3.05) is 44.3 Å². The Balaban J connectivity index is 1.25. The van der Waals surface area contributed by atoms with Gasteiger partial charge in [0.2, 0.25) is 10.0 Å². The van der Waals surface area contributed by atoms with Crippen LogP contribution in [0.15, 0.2) is 83.7 Å². The molecule has 5 heterocycles. The standard InChI is InChI=1S/C31H29FN6O4S/c32-24-4-6-25(7-5-24)38-28-17-23-10-12-37(43(40,41)26-8-9-29(34-20-26)36-13-15-42-16-14-36)21-31(23,18-22(28)19-35-38)30(39)27-3-1-2-11-33-27/h1-9,11,17,19-20H,10,12-16,18,21H2/t31-/m0/s1. The van der Waals surface area contributed by atoms with Gasteiger partial charge in [-0.1, -0.05) is 11.6 Å². The van der Waals surface area contributed by atoms with E-state index in [9.17, 15) is 17.6 Å². The van der Waals surface area contributed by atoms with Crippen molar-refractivity contribution < 1.29 is 22.3 Å². The second-order valence-electron chi connectivity index (χ2n) is 11.0. The highest BCUT2D eigenvalue weighted by Gasteiger charge is 2.51. The number of anilines is 1. The van der Waals surface area contributed by atoms with E-state index >= 15 is 0 Å². The van der Waals surface area contributed by atoms with Crippen LogP contribution >= 0.6 is 0 Å². The summed E-state index contributed by atoms with van der Waals surface area (Å²) in [7, 11) is -3.96. The van der Waals surface area contributed by atoms with E-state index in [4.69, 9.17) is 4.74 Å². The van der Waals surface area contributed by atoms with Crippen LogP contribution in [0.25, 0.3) is 11.8 Å². The third kappa shape index (κ3) is 4.85. The van der Waals surface area contributed by atoms with Crippen LogP contribution in [-0.4, -0.2) is 77.6 Å². The number of hydrogen-bond donors (Lipinski definition) is 0. The second-order valence-corrected chi connectivity index (χ2v) is 12.9. The number of sulfonamides is 1. The van der Waals surface area contributed by atoms with Crippen molar-refractivity contribution >= 4 is 27.7 Å². The van der Waals surface area contributed by atoms with Crippen molar-refractivity contribution in [3.05, 3.63) is 102 Å². The maximum atomic E-state index is 14.3. The molecular formula is C31H29FN6O4S. The fourth-order valence-corrected chi connectivity index (χ4v) is 7.65. The second kappa shape index (κ2) is 10.8. The fourth-order valence-electron chi connectivity index (χ4n) is 6.20. The van der Waals surface area contributed by atoms with Gasteiger partial charge in [0.15, 0.2) is 5.78 Å². The molecule has 7 rings (SSSR count). The highest BCUT2D eigenvalue weighted by molar-refractivity contribution is 7.89. The number of aromatic nitrogens is 4. The number of fused-ring (bicyclic) bond motifs is 2. The van der Waals surface area contributed by atoms with Gasteiger partial charge < -0.3 is 9.64 Å². The monoisotopic (exact) mass is 600 g/mol. The lowest BCUT2D eigenvalue weighted by Gasteiger charge is -2.44. The highest BCUT2D eigenvalue weighted by Crippen LogP contribution is 2.47. The van der Waals surface area contributed by atoms with Gasteiger partial charge in [-0.15, -0.1) is 0 Å². The molecule has 0 amide bonds. The zero-order valence-corrected chi connectivity index (χ0v) is 24.1. The van der Waals surface area contributed by atoms with Gasteiger partial charge in [-0.05, 0) is 73.0 Å². The van der Waals surface area contributed by atoms with Gasteiger partial charge in [-0.3, -0.25) is 9.78 Å². The predicted molar refractivity (Wildman–Crippen MR) is 157 cm³/mol. The van der Waals surface area contributed by atoms with Crippen LogP contribution < -0.4 is 4.90 Å². The van der Waals surface area contributed by atoms with E-state index in [0.29, 0.717) is 44.2 Å². The number of morpholine rings is 1. The molecule has 3 aliphatic rings. The average Bonchev–Trinajstić information content (AvgIpc) is 3.46. The SMILES string of the molecule is O=C(c1ccccn1)[C@]12Cc3cnn(-c4ccc(F)cc4)c3C=C1CCN(S(=O)(=O)c1ccc(N3CCOCC3)nc1)C2. The topological polar surface area (TPSA) is 111 Å². The van der Waals surface area contributed by atoms with E-state index in [1.807, 2.05) is 6.08 Å². The first-order chi connectivity index (χ1) is 20.8. The van der Waals surface area contributed by atoms with Crippen molar-refractivity contribution in [2.45, 2.75) is 17.7 Å². The van der Waals surface area contributed by atoms with Gasteiger partial charge in [0.25, 0.3) is 0 Å². The molecule has 1 atom stereocenters. The summed E-state index contributed by atoms with van der Waals surface area (Å²) in [4.78, 5) is 25.2. The Morgan fingerprint density at radius 3 is 2.49 bits per heavy atom. The number of nitrogens with zero attached hydrogens (tertiary/aromatic N) is 6. The third-order valence-corrected chi connectivity index (χ3v) is 10.3. The Morgan fingerprint density at radius 1 is 0.953 bits per heavy atom. The molecule has 0 saturated carbocycles. The summed E-state index contributed by atoms with van der Waals surface area (Å²) >= 11 is 0. The smallest absolute Gasteiger partial charge is 0.244 e. The summed E-state index contributed by atoms with van der Waals surface area (Å²) in [6.45, 7) is 2.75. The average molecular weight is 601 g/mol. The van der Waals surface area contributed by atoms with Crippen LogP contribution in [-0.2, 0) is 21.2 Å². The molecule has 4 aromatic rings. The van der Waals surface area contributed by atoms with Gasteiger partial charge in [0.1, 0.15) is 22.2 Å². The maximum absolute atomic E-state index is 14.3. The molecule has 3 aromatic heterocycles. The Labute approximate surface area is 248 Å². The first-order valence-electron chi connectivity index (χ1n) is 14.1. The number of rotatable bonds is 6. The first kappa shape index (κ1) is 27.6. The van der Waals surface area contributed by atoms with Gasteiger partial charge in [-0.25, -0.2) is 22.5 Å². The molecule has 1 aromatic carbocycles. The van der Waals surface area contributed by atoms with Gasteiger partial charge in [0.05, 0.1) is 36.2 Å². The Morgan fingerprint density at radius 2 is 1.77 bits per heavy atom. The van der Waals surface area contributed by atoms with Crippen LogP contribution in [0.4, 0.5) is 10.2 Å². The molecule has 0 spiro atoms. The number of benzene rings is 1. The van der Waals surface area contributed by atoms with Gasteiger partial charge in [-0.2, -0.15) is 9.40 Å². The normalized spacial score (nSPS) is 20.7. The van der Waals surface area contributed by atoms with E-state index in [-0.39, 0.29) is 41.7 Å². The lowest BCUT2D eigenvalue weighted by Crippen LogP contribution is -2.53. The Kier molecular flexibility index (Phi) is 6.91. The molecule has 10 nitrogen and oxygen atoms in total. The minimum Gasteiger partial charge on any atom is -0.378 e. The molecule has 220 valence electrons. The molecule has 0 N–H and O–H groups in total. The molecule has 2 fully saturated rings. The maximum Gasteiger partial charge on any atom is 0.244 e. The van der Waals surface area contributed by atoms with Crippen LogP contribution in [0.2, 0.25) is 0 Å². The molecule has 0 unspecified atom stereocenters. The van der Waals surface area contributed by atoms with Crippen LogP contribution in [0, 0.1) is 11.2 Å². The van der Waals surface area contributed by atoms with E-state index in [1.54, 1.807) is 59.5 Å². The number of pyridine rings is 2. The van der Waals surface area contributed by atoms with E-state index in [1.165, 1.54) is 22.6 Å². The molecule has 1 aliphatic carbocycles. The van der Waals surface area contributed by atoms with Crippen LogP contribution in [0.5, 0.6) is 0 Å². The quantitative estimate of drug-likeness (QED) is 0.309. The molecule has 12 heteroatoms. The predicted octanol–water partition coefficient (Wildman–Crippen LogP) is 3.54. The Bertz CT molecular complexity index is 1800. The zero-order chi connectivity index (χ0) is 29.6. The summed E-state index contributed by atoms with van der Waals surface area (Å²) in [5, 5.41) is 4.55. The van der Waals surface area contributed by atoms with Crippen LogP contribution in [0.3, 0.4) is 0 Å². The van der Waals surface area contributed by atoms with Crippen molar-refractivity contribution in [3.63, 3.8) is 0 Å². The number of carbonyl (C=O) groups excluding carboxylic acids is 1. The minimum atomic E-state index is -3.96. The van der Waals surface area contributed by atoms with Crippen LogP contribution in [0.1, 0.15) is 28.2 Å². The van der Waals surface area contributed by atoms with E-state index < -0.39 is 15.4 Å². The molecule has 2 aliphatic heterocycles. The number of carbonyl (C=O) groups is 1. The molecule has 43 heavy (non-hydrogen) atoms. The number of ketones is 1. The molecular weight excluding hydrogens is 571 g/mol. The van der Waals surface area contributed by atoms with E-state index in [0.717, 1.165) is 16.8 Å². The summed E-state index contributed by atoms with van der Waals surface area (Å²) < 4.78 is 50.1. The highest BCUT2D eigenvalue weighted by atomic mass is 32.2. The van der Waals surface area contributed by atoms with Crippen molar-refractivity contribution in [3.8, 4) is 5.69 Å². The van der Waals surface area contributed by atoms with Gasteiger partial charge >= 0.3 is 0 Å². The minimum absolute atomic E-state index is 0.0387. The molecule has 2 saturated heterocycles. The van der Waals surface area contributed by atoms with E-state index in [2.05, 4.69) is 20.0 Å². The molecule has 0 bridgehead atoms. The lowest BCUT2D eigenvalue weighted by atomic mass is 9.65. The summed E-state index contributed by atoms with van der Waals surface area (Å²) in [5.41, 5.74) is 2.23. The largest absolute Gasteiger partial charge is 0.378 e. The number of ether oxygens (including phenoxy) is 1. The third-order valence-electron chi connectivity index (χ3n) is 8.48. The number of hydrogen-bond acceptors (Lipinski definition) is 8. The van der Waals surface area contributed by atoms with Crippen molar-refractivity contribution in [1.82, 2.24) is 24.1 Å². The summed E-state index contributed by atoms with van der Waals surface area (Å²) in [6.07, 6.45) is 7.20. The van der Waals surface area contributed by atoms with Crippen molar-refractivity contribution in [2.24, 2.45) is 5.41 Å². The Hall–Kier alpha value is -4.26. The summed E-state index contributed by atoms with van der Waals surface area (Å²) in [6, 6.07) is 14.5.